The van der Waals surface area contributed by atoms with E-state index >= 15 is 0 Å². The summed E-state index contributed by atoms with van der Waals surface area (Å²) < 4.78 is 5.38. The molecule has 0 radical (unpaired) electrons. The van der Waals surface area contributed by atoms with Gasteiger partial charge in [-0.15, -0.1) is 11.8 Å². The van der Waals surface area contributed by atoms with Gasteiger partial charge in [-0.25, -0.2) is 0 Å². The minimum absolute atomic E-state index is 0.0616. The first-order valence-electron chi connectivity index (χ1n) is 5.42. The Morgan fingerprint density at radius 2 is 1.94 bits per heavy atom. The molecule has 0 heterocycles. The van der Waals surface area contributed by atoms with E-state index in [1.165, 1.54) is 0 Å². The smallest absolute Gasteiger partial charge is 0.313 e. The maximum atomic E-state index is 11.3. The third-order valence-corrected chi connectivity index (χ3v) is 2.81. The Hall–Kier alpha value is -1.69. The van der Waals surface area contributed by atoms with Gasteiger partial charge in [-0.3, -0.25) is 9.59 Å². The van der Waals surface area contributed by atoms with Gasteiger partial charge in [0.1, 0.15) is 12.4 Å². The van der Waals surface area contributed by atoms with Crippen LogP contribution < -0.4 is 10.1 Å². The molecule has 6 heteroatoms. The van der Waals surface area contributed by atoms with E-state index in [1.807, 2.05) is 30.3 Å². The largest absolute Gasteiger partial charge is 0.492 e. The predicted octanol–water partition coefficient (Wildman–Crippen LogP) is 0.999. The normalized spacial score (nSPS) is 9.78. The fourth-order valence-corrected chi connectivity index (χ4v) is 1.72. The lowest BCUT2D eigenvalue weighted by Crippen LogP contribution is -2.29. The van der Waals surface area contributed by atoms with Crippen LogP contribution in [0.2, 0.25) is 0 Å². The van der Waals surface area contributed by atoms with Gasteiger partial charge in [0.2, 0.25) is 5.91 Å². The summed E-state index contributed by atoms with van der Waals surface area (Å²) in [6.45, 7) is 0.792. The molecule has 98 valence electrons. The number of benzene rings is 1. The zero-order chi connectivity index (χ0) is 13.2. The number of carbonyl (C=O) groups is 2. The van der Waals surface area contributed by atoms with Gasteiger partial charge in [0.15, 0.2) is 0 Å². The number of aliphatic carboxylic acids is 1. The van der Waals surface area contributed by atoms with Crippen LogP contribution >= 0.6 is 11.8 Å². The number of carboxylic acids is 1. The van der Waals surface area contributed by atoms with Crippen LogP contribution in [0.4, 0.5) is 0 Å². The molecule has 0 aliphatic rings. The first kappa shape index (κ1) is 14.4. The average Bonchev–Trinajstić information content (AvgIpc) is 2.35. The molecular weight excluding hydrogens is 254 g/mol. The van der Waals surface area contributed by atoms with Crippen LogP contribution in [0, 0.1) is 0 Å². The minimum atomic E-state index is -0.916. The molecule has 0 spiro atoms. The van der Waals surface area contributed by atoms with E-state index in [1.54, 1.807) is 0 Å². The van der Waals surface area contributed by atoms with Crippen molar-refractivity contribution in [3.63, 3.8) is 0 Å². The van der Waals surface area contributed by atoms with Crippen LogP contribution in [0.3, 0.4) is 0 Å². The zero-order valence-electron chi connectivity index (χ0n) is 9.80. The van der Waals surface area contributed by atoms with E-state index in [2.05, 4.69) is 5.32 Å². The highest BCUT2D eigenvalue weighted by molar-refractivity contribution is 8.00. The Bertz CT molecular complexity index is 383. The summed E-state index contributed by atoms with van der Waals surface area (Å²) in [5.74, 6) is -0.254. The van der Waals surface area contributed by atoms with Gasteiger partial charge in [-0.1, -0.05) is 18.2 Å². The molecule has 5 nitrogen and oxygen atoms in total. The van der Waals surface area contributed by atoms with Crippen molar-refractivity contribution in [2.45, 2.75) is 0 Å². The van der Waals surface area contributed by atoms with Crippen molar-refractivity contribution in [1.29, 1.82) is 0 Å². The highest BCUT2D eigenvalue weighted by Gasteiger charge is 2.03. The second kappa shape index (κ2) is 8.41. The molecule has 0 unspecified atom stereocenters. The number of rotatable bonds is 8. The van der Waals surface area contributed by atoms with Gasteiger partial charge >= 0.3 is 5.97 Å². The van der Waals surface area contributed by atoms with Gasteiger partial charge in [-0.2, -0.15) is 0 Å². The molecule has 0 aliphatic carbocycles. The molecule has 0 saturated heterocycles. The highest BCUT2D eigenvalue weighted by Crippen LogP contribution is 2.07. The predicted molar refractivity (Wildman–Crippen MR) is 69.9 cm³/mol. The molecule has 0 aromatic heterocycles. The lowest BCUT2D eigenvalue weighted by molar-refractivity contribution is -0.133. The standard InChI is InChI=1S/C12H15NO4S/c14-11(8-18-9-12(15)16)13-6-7-17-10-4-2-1-3-5-10/h1-5H,6-9H2,(H,13,14)(H,15,16). The molecule has 18 heavy (non-hydrogen) atoms. The van der Waals surface area contributed by atoms with Crippen molar-refractivity contribution in [3.8, 4) is 5.75 Å². The number of hydrogen-bond donors (Lipinski definition) is 2. The first-order chi connectivity index (χ1) is 8.68. The first-order valence-corrected chi connectivity index (χ1v) is 6.58. The highest BCUT2D eigenvalue weighted by atomic mass is 32.2. The Kier molecular flexibility index (Phi) is 6.71. The van der Waals surface area contributed by atoms with Crippen LogP contribution in [0.1, 0.15) is 0 Å². The minimum Gasteiger partial charge on any atom is -0.492 e. The fraction of sp³-hybridized carbons (Fsp3) is 0.333. The lowest BCUT2D eigenvalue weighted by atomic mass is 10.3. The van der Waals surface area contributed by atoms with Crippen LogP contribution in [0.25, 0.3) is 0 Å². The summed E-state index contributed by atoms with van der Waals surface area (Å²) in [6, 6.07) is 9.32. The molecule has 1 amide bonds. The van der Waals surface area contributed by atoms with E-state index in [4.69, 9.17) is 9.84 Å². The summed E-state index contributed by atoms with van der Waals surface area (Å²) in [4.78, 5) is 21.5. The van der Waals surface area contributed by atoms with Gasteiger partial charge < -0.3 is 15.2 Å². The lowest BCUT2D eigenvalue weighted by Gasteiger charge is -2.07. The van der Waals surface area contributed by atoms with Crippen LogP contribution in [0.15, 0.2) is 30.3 Å². The maximum absolute atomic E-state index is 11.3. The van der Waals surface area contributed by atoms with Crippen molar-refractivity contribution in [2.75, 3.05) is 24.7 Å². The van der Waals surface area contributed by atoms with Crippen molar-refractivity contribution >= 4 is 23.6 Å². The molecule has 1 rings (SSSR count). The van der Waals surface area contributed by atoms with E-state index in [0.717, 1.165) is 17.5 Å². The summed E-state index contributed by atoms with van der Waals surface area (Å²) in [5.41, 5.74) is 0. The number of para-hydroxylation sites is 1. The van der Waals surface area contributed by atoms with E-state index in [0.29, 0.717) is 13.2 Å². The van der Waals surface area contributed by atoms with E-state index in [-0.39, 0.29) is 17.4 Å². The van der Waals surface area contributed by atoms with Crippen LogP contribution in [0.5, 0.6) is 5.75 Å². The topological polar surface area (TPSA) is 75.6 Å². The molecule has 0 bridgehead atoms. The second-order valence-electron chi connectivity index (χ2n) is 3.40. The summed E-state index contributed by atoms with van der Waals surface area (Å²) in [5, 5.41) is 11.0. The molecule has 0 atom stereocenters. The third kappa shape index (κ3) is 6.80. The molecule has 1 aromatic rings. The summed E-state index contributed by atoms with van der Waals surface area (Å²) in [6.07, 6.45) is 0. The average molecular weight is 269 g/mol. The Morgan fingerprint density at radius 1 is 1.22 bits per heavy atom. The molecule has 0 aliphatic heterocycles. The van der Waals surface area contributed by atoms with Gasteiger partial charge in [0.25, 0.3) is 0 Å². The van der Waals surface area contributed by atoms with E-state index in [9.17, 15) is 9.59 Å². The molecule has 0 saturated carbocycles. The molecule has 2 N–H and O–H groups in total. The summed E-state index contributed by atoms with van der Waals surface area (Å²) in [7, 11) is 0. The SMILES string of the molecule is O=C(O)CSCC(=O)NCCOc1ccccc1. The van der Waals surface area contributed by atoms with Crippen molar-refractivity contribution < 1.29 is 19.4 Å². The van der Waals surface area contributed by atoms with E-state index < -0.39 is 5.97 Å². The third-order valence-electron chi connectivity index (χ3n) is 1.89. The number of thioether (sulfide) groups is 1. The number of ether oxygens (including phenoxy) is 1. The number of carboxylic acid groups (broad SMARTS) is 1. The Morgan fingerprint density at radius 3 is 2.61 bits per heavy atom. The number of amides is 1. The Labute approximate surface area is 110 Å². The number of hydrogen-bond acceptors (Lipinski definition) is 4. The molecule has 1 aromatic carbocycles. The quantitative estimate of drug-likeness (QED) is 0.689. The fourth-order valence-electron chi connectivity index (χ4n) is 1.16. The summed E-state index contributed by atoms with van der Waals surface area (Å²) >= 11 is 1.07. The van der Waals surface area contributed by atoms with Gasteiger partial charge in [-0.05, 0) is 12.1 Å². The monoisotopic (exact) mass is 269 g/mol. The zero-order valence-corrected chi connectivity index (χ0v) is 10.6. The van der Waals surface area contributed by atoms with Crippen LogP contribution in [-0.2, 0) is 9.59 Å². The second-order valence-corrected chi connectivity index (χ2v) is 4.38. The maximum Gasteiger partial charge on any atom is 0.313 e. The number of carbonyl (C=O) groups excluding carboxylic acids is 1. The molecular formula is C12H15NO4S. The van der Waals surface area contributed by atoms with Crippen molar-refractivity contribution in [2.24, 2.45) is 0 Å². The Balaban J connectivity index is 2.04. The van der Waals surface area contributed by atoms with Gasteiger partial charge in [0.05, 0.1) is 18.1 Å². The number of nitrogens with one attached hydrogen (secondary N) is 1. The molecule has 0 fully saturated rings. The van der Waals surface area contributed by atoms with Crippen molar-refractivity contribution in [3.05, 3.63) is 30.3 Å². The van der Waals surface area contributed by atoms with Crippen LogP contribution in [-0.4, -0.2) is 41.6 Å². The van der Waals surface area contributed by atoms with Crippen molar-refractivity contribution in [1.82, 2.24) is 5.32 Å². The van der Waals surface area contributed by atoms with Gasteiger partial charge in [0, 0.05) is 0 Å².